The van der Waals surface area contributed by atoms with Gasteiger partial charge in [-0.25, -0.2) is 0 Å². The molecule has 0 radical (unpaired) electrons. The lowest BCUT2D eigenvalue weighted by Gasteiger charge is -2.14. The Labute approximate surface area is 123 Å². The van der Waals surface area contributed by atoms with E-state index in [0.29, 0.717) is 0 Å². The van der Waals surface area contributed by atoms with E-state index >= 15 is 0 Å². The van der Waals surface area contributed by atoms with E-state index in [1.807, 2.05) is 24.3 Å². The standard InChI is InChI=1S/C18H16O3/c1-11-7-9-12(10-8-11)15-16-18(15,17(19)20-2)13-5-3-4-6-14(13)21-16/h3-10,15-16H,1-2H3/t15-,16-,18-/m1/s1. The fraction of sp³-hybridized carbons (Fsp3) is 0.278. The molecule has 2 aromatic rings. The highest BCUT2D eigenvalue weighted by atomic mass is 16.5. The largest absolute Gasteiger partial charge is 0.488 e. The first-order valence-corrected chi connectivity index (χ1v) is 7.10. The molecule has 2 aromatic carbocycles. The van der Waals surface area contributed by atoms with Crippen molar-refractivity contribution in [3.63, 3.8) is 0 Å². The zero-order valence-electron chi connectivity index (χ0n) is 12.0. The van der Waals surface area contributed by atoms with Crippen molar-refractivity contribution in [1.82, 2.24) is 0 Å². The smallest absolute Gasteiger partial charge is 0.321 e. The first-order valence-electron chi connectivity index (χ1n) is 7.10. The van der Waals surface area contributed by atoms with Crippen LogP contribution in [-0.2, 0) is 14.9 Å². The number of methoxy groups -OCH3 is 1. The summed E-state index contributed by atoms with van der Waals surface area (Å²) >= 11 is 0. The molecule has 1 aliphatic carbocycles. The van der Waals surface area contributed by atoms with Crippen molar-refractivity contribution < 1.29 is 14.3 Å². The van der Waals surface area contributed by atoms with Crippen LogP contribution in [0.5, 0.6) is 5.75 Å². The molecular weight excluding hydrogens is 264 g/mol. The number of hydrogen-bond acceptors (Lipinski definition) is 3. The Morgan fingerprint density at radius 3 is 2.57 bits per heavy atom. The number of carbonyl (C=O) groups is 1. The fourth-order valence-corrected chi connectivity index (χ4v) is 3.62. The Balaban J connectivity index is 1.83. The van der Waals surface area contributed by atoms with Crippen LogP contribution in [-0.4, -0.2) is 19.2 Å². The molecule has 0 spiro atoms. The second-order valence-electron chi connectivity index (χ2n) is 5.78. The van der Waals surface area contributed by atoms with Gasteiger partial charge in [-0.3, -0.25) is 4.79 Å². The molecule has 0 saturated heterocycles. The molecule has 4 rings (SSSR count). The summed E-state index contributed by atoms with van der Waals surface area (Å²) in [7, 11) is 1.44. The summed E-state index contributed by atoms with van der Waals surface area (Å²) in [6.45, 7) is 2.05. The zero-order valence-corrected chi connectivity index (χ0v) is 12.0. The van der Waals surface area contributed by atoms with Crippen LogP contribution in [0.1, 0.15) is 22.6 Å². The van der Waals surface area contributed by atoms with Crippen molar-refractivity contribution in [3.05, 3.63) is 65.2 Å². The monoisotopic (exact) mass is 280 g/mol. The van der Waals surface area contributed by atoms with E-state index in [9.17, 15) is 4.79 Å². The van der Waals surface area contributed by atoms with E-state index in [0.717, 1.165) is 16.9 Å². The molecule has 0 unspecified atom stereocenters. The number of rotatable bonds is 2. The molecular formula is C18H16O3. The van der Waals surface area contributed by atoms with Crippen LogP contribution in [0.3, 0.4) is 0 Å². The third-order valence-electron chi connectivity index (χ3n) is 4.68. The zero-order chi connectivity index (χ0) is 14.6. The summed E-state index contributed by atoms with van der Waals surface area (Å²) in [5.74, 6) is 0.639. The molecule has 1 aliphatic heterocycles. The van der Waals surface area contributed by atoms with Crippen molar-refractivity contribution in [2.75, 3.05) is 7.11 Å². The molecule has 2 aliphatic rings. The maximum Gasteiger partial charge on any atom is 0.321 e. The van der Waals surface area contributed by atoms with Crippen LogP contribution in [0, 0.1) is 6.92 Å². The Kier molecular flexibility index (Phi) is 2.43. The van der Waals surface area contributed by atoms with Gasteiger partial charge in [0.2, 0.25) is 0 Å². The number of aryl methyl sites for hydroxylation is 1. The van der Waals surface area contributed by atoms with Crippen LogP contribution in [0.4, 0.5) is 0 Å². The average molecular weight is 280 g/mol. The van der Waals surface area contributed by atoms with E-state index in [-0.39, 0.29) is 18.0 Å². The SMILES string of the molecule is COC(=O)[C@@]12c3ccccc3O[C@@H]1[C@H]2c1ccc(C)cc1. The normalized spacial score (nSPS) is 28.3. The Bertz CT molecular complexity index is 719. The molecule has 0 aromatic heterocycles. The van der Waals surface area contributed by atoms with Crippen LogP contribution in [0.15, 0.2) is 48.5 Å². The topological polar surface area (TPSA) is 35.5 Å². The third kappa shape index (κ3) is 1.46. The van der Waals surface area contributed by atoms with Gasteiger partial charge in [-0.15, -0.1) is 0 Å². The van der Waals surface area contributed by atoms with Gasteiger partial charge in [-0.2, -0.15) is 0 Å². The Hall–Kier alpha value is -2.29. The molecule has 1 heterocycles. The molecule has 0 bridgehead atoms. The summed E-state index contributed by atoms with van der Waals surface area (Å²) in [6.07, 6.45) is -0.148. The minimum atomic E-state index is -0.666. The number of ether oxygens (including phenoxy) is 2. The molecule has 1 saturated carbocycles. The van der Waals surface area contributed by atoms with E-state index in [1.54, 1.807) is 0 Å². The quantitative estimate of drug-likeness (QED) is 0.793. The lowest BCUT2D eigenvalue weighted by atomic mass is 9.90. The number of hydrogen-bond donors (Lipinski definition) is 0. The van der Waals surface area contributed by atoms with Crippen LogP contribution >= 0.6 is 0 Å². The predicted molar refractivity (Wildman–Crippen MR) is 78.5 cm³/mol. The van der Waals surface area contributed by atoms with E-state index < -0.39 is 5.41 Å². The van der Waals surface area contributed by atoms with Gasteiger partial charge in [-0.05, 0) is 18.6 Å². The van der Waals surface area contributed by atoms with Crippen molar-refractivity contribution in [1.29, 1.82) is 0 Å². The van der Waals surface area contributed by atoms with Crippen LogP contribution in [0.2, 0.25) is 0 Å². The highest BCUT2D eigenvalue weighted by molar-refractivity contribution is 5.93. The van der Waals surface area contributed by atoms with Crippen LogP contribution < -0.4 is 4.74 Å². The molecule has 3 heteroatoms. The predicted octanol–water partition coefficient (Wildman–Crippen LogP) is 2.96. The molecule has 21 heavy (non-hydrogen) atoms. The van der Waals surface area contributed by atoms with E-state index in [4.69, 9.17) is 9.47 Å². The summed E-state index contributed by atoms with van der Waals surface area (Å²) in [5, 5.41) is 0. The number of esters is 1. The average Bonchev–Trinajstić information content (AvgIpc) is 3.05. The molecule has 3 atom stereocenters. The number of carbonyl (C=O) groups excluding carboxylic acids is 1. The van der Waals surface area contributed by atoms with Gasteiger partial charge < -0.3 is 9.47 Å². The molecule has 1 fully saturated rings. The summed E-state index contributed by atoms with van der Waals surface area (Å²) < 4.78 is 11.1. The lowest BCUT2D eigenvalue weighted by Crippen LogP contribution is -2.24. The fourth-order valence-electron chi connectivity index (χ4n) is 3.62. The van der Waals surface area contributed by atoms with Gasteiger partial charge in [0.25, 0.3) is 0 Å². The lowest BCUT2D eigenvalue weighted by molar-refractivity contribution is -0.144. The van der Waals surface area contributed by atoms with Gasteiger partial charge in [0, 0.05) is 11.5 Å². The van der Waals surface area contributed by atoms with Gasteiger partial charge in [0.1, 0.15) is 17.3 Å². The van der Waals surface area contributed by atoms with Crippen molar-refractivity contribution in [3.8, 4) is 5.75 Å². The maximum atomic E-state index is 12.5. The molecule has 106 valence electrons. The number of para-hydroxylation sites is 1. The van der Waals surface area contributed by atoms with Crippen molar-refractivity contribution in [2.24, 2.45) is 0 Å². The maximum absolute atomic E-state index is 12.5. The van der Waals surface area contributed by atoms with Crippen molar-refractivity contribution in [2.45, 2.75) is 24.4 Å². The molecule has 0 amide bonds. The van der Waals surface area contributed by atoms with E-state index in [1.165, 1.54) is 12.7 Å². The Morgan fingerprint density at radius 1 is 1.14 bits per heavy atom. The van der Waals surface area contributed by atoms with E-state index in [2.05, 4.69) is 31.2 Å². The first-order chi connectivity index (χ1) is 10.2. The summed E-state index contributed by atoms with van der Waals surface area (Å²) in [5.41, 5.74) is 2.62. The van der Waals surface area contributed by atoms with Gasteiger partial charge in [-0.1, -0.05) is 48.0 Å². The minimum Gasteiger partial charge on any atom is -0.488 e. The van der Waals surface area contributed by atoms with Gasteiger partial charge in [0.15, 0.2) is 0 Å². The van der Waals surface area contributed by atoms with Crippen LogP contribution in [0.25, 0.3) is 0 Å². The second kappa shape index (κ2) is 4.10. The molecule has 0 N–H and O–H groups in total. The first kappa shape index (κ1) is 12.5. The second-order valence-corrected chi connectivity index (χ2v) is 5.78. The van der Waals surface area contributed by atoms with Gasteiger partial charge in [0.05, 0.1) is 7.11 Å². The molecule has 3 nitrogen and oxygen atoms in total. The summed E-state index contributed by atoms with van der Waals surface area (Å²) in [4.78, 5) is 12.5. The van der Waals surface area contributed by atoms with Crippen molar-refractivity contribution >= 4 is 5.97 Å². The highest BCUT2D eigenvalue weighted by Gasteiger charge is 2.78. The number of benzene rings is 2. The summed E-state index contributed by atoms with van der Waals surface area (Å²) in [6, 6.07) is 16.1. The Morgan fingerprint density at radius 2 is 1.86 bits per heavy atom. The highest BCUT2D eigenvalue weighted by Crippen LogP contribution is 2.68. The number of fused-ring (bicyclic) bond motifs is 3. The third-order valence-corrected chi connectivity index (χ3v) is 4.68. The minimum absolute atomic E-state index is 0.0421. The van der Waals surface area contributed by atoms with Gasteiger partial charge >= 0.3 is 5.97 Å².